The monoisotopic (exact) mass is 320 g/mol. The van der Waals surface area contributed by atoms with Crippen LogP contribution in [-0.4, -0.2) is 28.3 Å². The van der Waals surface area contributed by atoms with E-state index in [1.165, 1.54) is 43.5 Å². The van der Waals surface area contributed by atoms with E-state index in [1.807, 2.05) is 5.51 Å². The summed E-state index contributed by atoms with van der Waals surface area (Å²) in [5, 5.41) is 9.76. The fourth-order valence-electron chi connectivity index (χ4n) is 2.55. The summed E-state index contributed by atoms with van der Waals surface area (Å²) in [5.41, 5.74) is 4.31. The molecule has 0 aliphatic carbocycles. The Morgan fingerprint density at radius 1 is 1.14 bits per heavy atom. The Kier molecular flexibility index (Phi) is 7.43. The lowest BCUT2D eigenvalue weighted by Crippen LogP contribution is -2.27. The SMILES string of the molecule is CCCCCCCN(CCc1cscn1)c1cc(CC)[nH]n1. The van der Waals surface area contributed by atoms with E-state index in [9.17, 15) is 0 Å². The molecule has 0 atom stereocenters. The molecule has 0 radical (unpaired) electrons. The number of hydrogen-bond acceptors (Lipinski definition) is 4. The smallest absolute Gasteiger partial charge is 0.150 e. The van der Waals surface area contributed by atoms with Gasteiger partial charge >= 0.3 is 0 Å². The number of nitrogens with one attached hydrogen (secondary N) is 1. The van der Waals surface area contributed by atoms with E-state index in [0.717, 1.165) is 31.7 Å². The van der Waals surface area contributed by atoms with Crippen molar-refractivity contribution in [2.45, 2.75) is 58.8 Å². The van der Waals surface area contributed by atoms with Crippen LogP contribution in [0.2, 0.25) is 0 Å². The van der Waals surface area contributed by atoms with Gasteiger partial charge in [0.15, 0.2) is 5.82 Å². The molecule has 4 nitrogen and oxygen atoms in total. The van der Waals surface area contributed by atoms with E-state index in [-0.39, 0.29) is 0 Å². The number of aryl methyl sites for hydroxylation is 1. The first kappa shape index (κ1) is 17.0. The number of unbranched alkanes of at least 4 members (excludes halogenated alkanes) is 4. The average Bonchev–Trinajstić information content (AvgIpc) is 3.21. The molecule has 0 bridgehead atoms. The third-order valence-electron chi connectivity index (χ3n) is 3.98. The Bertz CT molecular complexity index is 506. The maximum atomic E-state index is 4.49. The Labute approximate surface area is 138 Å². The minimum absolute atomic E-state index is 0.992. The van der Waals surface area contributed by atoms with E-state index in [1.54, 1.807) is 11.3 Å². The molecule has 2 aromatic rings. The van der Waals surface area contributed by atoms with Gasteiger partial charge in [0.1, 0.15) is 0 Å². The number of anilines is 1. The van der Waals surface area contributed by atoms with Crippen molar-refractivity contribution in [2.75, 3.05) is 18.0 Å². The minimum Gasteiger partial charge on any atom is -0.355 e. The number of H-pyrrole nitrogens is 1. The molecule has 0 aromatic carbocycles. The summed E-state index contributed by atoms with van der Waals surface area (Å²) in [6, 6.07) is 2.19. The fraction of sp³-hybridized carbons (Fsp3) is 0.647. The van der Waals surface area contributed by atoms with Crippen LogP contribution in [-0.2, 0) is 12.8 Å². The van der Waals surface area contributed by atoms with Crippen molar-refractivity contribution in [1.29, 1.82) is 0 Å². The second kappa shape index (κ2) is 9.62. The molecule has 0 fully saturated rings. The van der Waals surface area contributed by atoms with Gasteiger partial charge in [-0.1, -0.05) is 39.5 Å². The van der Waals surface area contributed by atoms with Gasteiger partial charge < -0.3 is 4.90 Å². The third-order valence-corrected chi connectivity index (χ3v) is 4.61. The maximum absolute atomic E-state index is 4.49. The highest BCUT2D eigenvalue weighted by molar-refractivity contribution is 7.07. The van der Waals surface area contributed by atoms with Gasteiger partial charge in [-0.15, -0.1) is 11.3 Å². The molecule has 0 aliphatic heterocycles. The quantitative estimate of drug-likeness (QED) is 0.622. The molecule has 1 N–H and O–H groups in total. The van der Waals surface area contributed by atoms with Crippen molar-refractivity contribution in [3.63, 3.8) is 0 Å². The molecule has 0 aliphatic rings. The number of hydrogen-bond donors (Lipinski definition) is 1. The zero-order chi connectivity index (χ0) is 15.6. The summed E-state index contributed by atoms with van der Waals surface area (Å²) in [4.78, 5) is 6.79. The van der Waals surface area contributed by atoms with E-state index in [4.69, 9.17) is 0 Å². The van der Waals surface area contributed by atoms with Crippen LogP contribution < -0.4 is 4.90 Å². The van der Waals surface area contributed by atoms with Crippen molar-refractivity contribution in [1.82, 2.24) is 15.2 Å². The summed E-state index contributed by atoms with van der Waals surface area (Å²) in [6.45, 7) is 6.49. The number of aromatic amines is 1. The lowest BCUT2D eigenvalue weighted by Gasteiger charge is -2.21. The van der Waals surface area contributed by atoms with Gasteiger partial charge in [0.05, 0.1) is 11.2 Å². The van der Waals surface area contributed by atoms with Crippen LogP contribution >= 0.6 is 11.3 Å². The number of thiazole rings is 1. The second-order valence-electron chi connectivity index (χ2n) is 5.74. The van der Waals surface area contributed by atoms with Crippen LogP contribution in [0.25, 0.3) is 0 Å². The second-order valence-corrected chi connectivity index (χ2v) is 6.45. The number of rotatable bonds is 11. The van der Waals surface area contributed by atoms with Crippen molar-refractivity contribution >= 4 is 17.2 Å². The van der Waals surface area contributed by atoms with E-state index >= 15 is 0 Å². The molecular weight excluding hydrogens is 292 g/mol. The van der Waals surface area contributed by atoms with Crippen molar-refractivity contribution in [2.24, 2.45) is 0 Å². The normalized spacial score (nSPS) is 11.0. The fourth-order valence-corrected chi connectivity index (χ4v) is 3.14. The highest BCUT2D eigenvalue weighted by atomic mass is 32.1. The Balaban J connectivity index is 1.87. The molecule has 0 unspecified atom stereocenters. The predicted octanol–water partition coefficient (Wildman–Crippen LogP) is 4.45. The highest BCUT2D eigenvalue weighted by Gasteiger charge is 2.11. The molecule has 0 saturated carbocycles. The van der Waals surface area contributed by atoms with Gasteiger partial charge in [0.2, 0.25) is 0 Å². The van der Waals surface area contributed by atoms with Crippen molar-refractivity contribution in [3.05, 3.63) is 28.3 Å². The standard InChI is InChI=1S/C17H28N4S/c1-3-5-6-7-8-10-21(11-9-16-13-22-14-18-16)17-12-15(4-2)19-20-17/h12-14H,3-11H2,1-2H3,(H,19,20). The van der Waals surface area contributed by atoms with Crippen LogP contribution in [0.15, 0.2) is 17.0 Å². The number of aromatic nitrogens is 3. The van der Waals surface area contributed by atoms with E-state index in [2.05, 4.69) is 45.4 Å². The Morgan fingerprint density at radius 3 is 2.68 bits per heavy atom. The van der Waals surface area contributed by atoms with Crippen molar-refractivity contribution in [3.8, 4) is 0 Å². The molecule has 5 heteroatoms. The first-order valence-corrected chi connectivity index (χ1v) is 9.44. The predicted molar refractivity (Wildman–Crippen MR) is 94.8 cm³/mol. The summed E-state index contributed by atoms with van der Waals surface area (Å²) < 4.78 is 0. The largest absolute Gasteiger partial charge is 0.355 e. The Hall–Kier alpha value is -1.36. The van der Waals surface area contributed by atoms with Crippen LogP contribution in [0.5, 0.6) is 0 Å². The molecule has 2 heterocycles. The summed E-state index contributed by atoms with van der Waals surface area (Å²) >= 11 is 1.67. The van der Waals surface area contributed by atoms with Gasteiger partial charge in [-0.05, 0) is 12.8 Å². The first-order chi connectivity index (χ1) is 10.8. The lowest BCUT2D eigenvalue weighted by atomic mass is 10.1. The van der Waals surface area contributed by atoms with Gasteiger partial charge in [-0.3, -0.25) is 5.10 Å². The minimum atomic E-state index is 0.992. The molecule has 2 aromatic heterocycles. The van der Waals surface area contributed by atoms with Crippen LogP contribution in [0.4, 0.5) is 5.82 Å². The van der Waals surface area contributed by atoms with Gasteiger partial charge in [-0.2, -0.15) is 5.10 Å². The average molecular weight is 321 g/mol. The van der Waals surface area contributed by atoms with Gasteiger partial charge in [-0.25, -0.2) is 4.98 Å². The number of nitrogens with zero attached hydrogens (tertiary/aromatic N) is 3. The molecule has 0 amide bonds. The van der Waals surface area contributed by atoms with Gasteiger partial charge in [0.25, 0.3) is 0 Å². The van der Waals surface area contributed by atoms with Gasteiger partial charge in [0, 0.05) is 36.7 Å². The van der Waals surface area contributed by atoms with Crippen LogP contribution in [0.1, 0.15) is 57.3 Å². The topological polar surface area (TPSA) is 44.8 Å². The first-order valence-electron chi connectivity index (χ1n) is 8.49. The summed E-state index contributed by atoms with van der Waals surface area (Å²) in [6.07, 6.45) is 8.54. The highest BCUT2D eigenvalue weighted by Crippen LogP contribution is 2.15. The molecule has 2 rings (SSSR count). The molecule has 122 valence electrons. The third kappa shape index (κ3) is 5.44. The molecular formula is C17H28N4S. The van der Waals surface area contributed by atoms with E-state index < -0.39 is 0 Å². The Morgan fingerprint density at radius 2 is 2.00 bits per heavy atom. The zero-order valence-corrected chi connectivity index (χ0v) is 14.7. The lowest BCUT2D eigenvalue weighted by molar-refractivity contribution is 0.614. The summed E-state index contributed by atoms with van der Waals surface area (Å²) in [5.74, 6) is 1.09. The zero-order valence-electron chi connectivity index (χ0n) is 13.8. The maximum Gasteiger partial charge on any atom is 0.150 e. The molecule has 22 heavy (non-hydrogen) atoms. The molecule has 0 spiro atoms. The molecule has 0 saturated heterocycles. The van der Waals surface area contributed by atoms with E-state index in [0.29, 0.717) is 0 Å². The van der Waals surface area contributed by atoms with Crippen LogP contribution in [0.3, 0.4) is 0 Å². The van der Waals surface area contributed by atoms with Crippen LogP contribution in [0, 0.1) is 0 Å². The summed E-state index contributed by atoms with van der Waals surface area (Å²) in [7, 11) is 0. The van der Waals surface area contributed by atoms with Crippen molar-refractivity contribution < 1.29 is 0 Å².